The second kappa shape index (κ2) is 6.05. The number of nitrogens with two attached hydrogens (primary N) is 1. The quantitative estimate of drug-likeness (QED) is 0.718. The van der Waals surface area contributed by atoms with Gasteiger partial charge >= 0.3 is 0 Å². The summed E-state index contributed by atoms with van der Waals surface area (Å²) in [7, 11) is 0. The second-order valence-electron chi connectivity index (χ2n) is 4.73. The predicted octanol–water partition coefficient (Wildman–Crippen LogP) is 1.98. The molecule has 0 saturated carbocycles. The molecule has 1 amide bonds. The average molecular weight is 253 g/mol. The van der Waals surface area contributed by atoms with E-state index in [0.29, 0.717) is 0 Å². The number of hydrogen-bond acceptors (Lipinski definition) is 4. The first-order valence-corrected chi connectivity index (χ1v) is 6.26. The summed E-state index contributed by atoms with van der Waals surface area (Å²) in [6, 6.07) is 7.64. The second-order valence-corrected chi connectivity index (χ2v) is 5.61. The van der Waals surface area contributed by atoms with E-state index in [9.17, 15) is 4.79 Å². The maximum Gasteiger partial charge on any atom is 0.238 e. The van der Waals surface area contributed by atoms with Gasteiger partial charge in [0.15, 0.2) is 0 Å². The van der Waals surface area contributed by atoms with Gasteiger partial charge in [0, 0.05) is 16.1 Å². The maximum atomic E-state index is 11.2. The lowest BCUT2D eigenvalue weighted by Crippen LogP contribution is -2.29. The van der Waals surface area contributed by atoms with Crippen LogP contribution in [0.4, 0.5) is 5.69 Å². The highest BCUT2D eigenvalue weighted by atomic mass is 32.2. The molecule has 0 heterocycles. The fraction of sp³-hybridized carbons (Fsp3) is 0.417. The van der Waals surface area contributed by atoms with Crippen molar-refractivity contribution in [2.75, 3.05) is 11.9 Å². The van der Waals surface area contributed by atoms with Gasteiger partial charge in [-0.25, -0.2) is 0 Å². The number of carbonyl (C=O) groups is 1. The molecule has 5 heteroatoms. The van der Waals surface area contributed by atoms with Crippen molar-refractivity contribution < 1.29 is 4.79 Å². The summed E-state index contributed by atoms with van der Waals surface area (Å²) < 4.78 is 3.31. The van der Waals surface area contributed by atoms with Gasteiger partial charge in [-0.2, -0.15) is 0 Å². The van der Waals surface area contributed by atoms with Crippen molar-refractivity contribution in [2.45, 2.75) is 31.2 Å². The van der Waals surface area contributed by atoms with E-state index in [-0.39, 0.29) is 18.0 Å². The van der Waals surface area contributed by atoms with E-state index < -0.39 is 0 Å². The average Bonchev–Trinajstić information content (AvgIpc) is 2.26. The first kappa shape index (κ1) is 14.0. The van der Waals surface area contributed by atoms with Crippen LogP contribution in [0.3, 0.4) is 0 Å². The molecule has 0 saturated heterocycles. The van der Waals surface area contributed by atoms with Crippen molar-refractivity contribution >= 4 is 23.5 Å². The summed E-state index contributed by atoms with van der Waals surface area (Å²) in [4.78, 5) is 12.2. The van der Waals surface area contributed by atoms with Gasteiger partial charge in [0.2, 0.25) is 5.91 Å². The van der Waals surface area contributed by atoms with Gasteiger partial charge in [-0.3, -0.25) is 9.52 Å². The standard InChI is InChI=1S/C12H19N3OS/c1-12(2,3)15-17-10-6-4-5-9(7-10)14-11(16)8-13/h4-7,15H,8,13H2,1-3H3,(H,14,16). The van der Waals surface area contributed by atoms with Crippen LogP contribution in [0.15, 0.2) is 29.2 Å². The van der Waals surface area contributed by atoms with Crippen molar-refractivity contribution in [1.82, 2.24) is 4.72 Å². The summed E-state index contributed by atoms with van der Waals surface area (Å²) in [5, 5.41) is 2.72. The minimum atomic E-state index is -0.184. The molecule has 0 spiro atoms. The highest BCUT2D eigenvalue weighted by Crippen LogP contribution is 2.21. The molecule has 0 fully saturated rings. The Morgan fingerprint density at radius 1 is 1.41 bits per heavy atom. The molecule has 4 N–H and O–H groups in total. The van der Waals surface area contributed by atoms with E-state index in [0.717, 1.165) is 10.6 Å². The monoisotopic (exact) mass is 253 g/mol. The number of amides is 1. The molecule has 0 aliphatic rings. The van der Waals surface area contributed by atoms with E-state index in [1.54, 1.807) is 11.9 Å². The SMILES string of the molecule is CC(C)(C)NSc1cccc(NC(=O)CN)c1. The van der Waals surface area contributed by atoms with Crippen LogP contribution in [-0.4, -0.2) is 18.0 Å². The first-order chi connectivity index (χ1) is 7.90. The molecule has 0 radical (unpaired) electrons. The molecule has 0 aliphatic carbocycles. The Labute approximate surface area is 106 Å². The fourth-order valence-corrected chi connectivity index (χ4v) is 1.82. The Bertz CT molecular complexity index is 388. The number of carbonyl (C=O) groups excluding carboxylic acids is 1. The minimum Gasteiger partial charge on any atom is -0.325 e. The number of nitrogens with one attached hydrogen (secondary N) is 2. The lowest BCUT2D eigenvalue weighted by Gasteiger charge is -2.19. The third kappa shape index (κ3) is 5.72. The molecule has 0 bridgehead atoms. The Kier molecular flexibility index (Phi) is 4.99. The van der Waals surface area contributed by atoms with E-state index in [2.05, 4.69) is 30.8 Å². The van der Waals surface area contributed by atoms with E-state index in [1.807, 2.05) is 24.3 Å². The third-order valence-electron chi connectivity index (χ3n) is 1.78. The zero-order valence-electron chi connectivity index (χ0n) is 10.4. The molecule has 0 aromatic heterocycles. The Morgan fingerprint density at radius 2 is 2.12 bits per heavy atom. The van der Waals surface area contributed by atoms with Gasteiger partial charge < -0.3 is 11.1 Å². The zero-order valence-corrected chi connectivity index (χ0v) is 11.2. The molecule has 1 aromatic rings. The summed E-state index contributed by atoms with van der Waals surface area (Å²) in [6.45, 7) is 6.29. The molecular weight excluding hydrogens is 234 g/mol. The van der Waals surface area contributed by atoms with Gasteiger partial charge in [0.25, 0.3) is 0 Å². The molecule has 17 heavy (non-hydrogen) atoms. The van der Waals surface area contributed by atoms with Crippen LogP contribution in [0.25, 0.3) is 0 Å². The lowest BCUT2D eigenvalue weighted by atomic mass is 10.1. The molecule has 0 atom stereocenters. The first-order valence-electron chi connectivity index (χ1n) is 5.45. The normalized spacial score (nSPS) is 11.3. The van der Waals surface area contributed by atoms with Crippen LogP contribution in [0, 0.1) is 0 Å². The van der Waals surface area contributed by atoms with Crippen molar-refractivity contribution in [1.29, 1.82) is 0 Å². The van der Waals surface area contributed by atoms with Crippen molar-refractivity contribution in [3.63, 3.8) is 0 Å². The molecule has 4 nitrogen and oxygen atoms in total. The van der Waals surface area contributed by atoms with Crippen LogP contribution in [0.1, 0.15) is 20.8 Å². The predicted molar refractivity (Wildman–Crippen MR) is 72.9 cm³/mol. The fourth-order valence-electron chi connectivity index (χ4n) is 1.06. The highest BCUT2D eigenvalue weighted by molar-refractivity contribution is 7.97. The van der Waals surface area contributed by atoms with Gasteiger partial charge in [-0.15, -0.1) is 0 Å². The highest BCUT2D eigenvalue weighted by Gasteiger charge is 2.09. The van der Waals surface area contributed by atoms with Crippen LogP contribution in [0.2, 0.25) is 0 Å². The van der Waals surface area contributed by atoms with Crippen LogP contribution >= 0.6 is 11.9 Å². The topological polar surface area (TPSA) is 67.1 Å². The van der Waals surface area contributed by atoms with Crippen LogP contribution in [-0.2, 0) is 4.79 Å². The largest absolute Gasteiger partial charge is 0.325 e. The minimum absolute atomic E-state index is 0.00237. The van der Waals surface area contributed by atoms with Crippen molar-refractivity contribution in [2.24, 2.45) is 5.73 Å². The van der Waals surface area contributed by atoms with Gasteiger partial charge in [-0.1, -0.05) is 6.07 Å². The molecular formula is C12H19N3OS. The summed E-state index contributed by atoms with van der Waals surface area (Å²) >= 11 is 1.54. The smallest absolute Gasteiger partial charge is 0.238 e. The third-order valence-corrected chi connectivity index (χ3v) is 2.98. The van der Waals surface area contributed by atoms with Gasteiger partial charge in [0.05, 0.1) is 6.54 Å². The van der Waals surface area contributed by atoms with Gasteiger partial charge in [0.1, 0.15) is 0 Å². The van der Waals surface area contributed by atoms with E-state index >= 15 is 0 Å². The maximum absolute atomic E-state index is 11.2. The molecule has 0 unspecified atom stereocenters. The number of rotatable bonds is 4. The zero-order chi connectivity index (χ0) is 12.9. The molecule has 1 aromatic carbocycles. The Hall–Kier alpha value is -1.04. The molecule has 1 rings (SSSR count). The number of hydrogen-bond donors (Lipinski definition) is 3. The van der Waals surface area contributed by atoms with E-state index in [4.69, 9.17) is 5.73 Å². The van der Waals surface area contributed by atoms with Crippen LogP contribution < -0.4 is 15.8 Å². The summed E-state index contributed by atoms with van der Waals surface area (Å²) in [5.41, 5.74) is 6.05. The number of benzene rings is 1. The Balaban J connectivity index is 2.63. The molecule has 0 aliphatic heterocycles. The van der Waals surface area contributed by atoms with Crippen molar-refractivity contribution in [3.05, 3.63) is 24.3 Å². The summed E-state index contributed by atoms with van der Waals surface area (Å²) in [6.07, 6.45) is 0. The lowest BCUT2D eigenvalue weighted by molar-refractivity contribution is -0.114. The number of anilines is 1. The van der Waals surface area contributed by atoms with E-state index in [1.165, 1.54) is 0 Å². The molecule has 94 valence electrons. The Morgan fingerprint density at radius 3 is 2.71 bits per heavy atom. The van der Waals surface area contributed by atoms with Gasteiger partial charge in [-0.05, 0) is 50.9 Å². The summed E-state index contributed by atoms with van der Waals surface area (Å²) in [5.74, 6) is -0.184. The van der Waals surface area contributed by atoms with Crippen molar-refractivity contribution in [3.8, 4) is 0 Å². The van der Waals surface area contributed by atoms with Crippen LogP contribution in [0.5, 0.6) is 0 Å².